The summed E-state index contributed by atoms with van der Waals surface area (Å²) in [6, 6.07) is 4.08. The predicted molar refractivity (Wildman–Crippen MR) is 76.7 cm³/mol. The van der Waals surface area contributed by atoms with Crippen LogP contribution >= 0.6 is 0 Å². The standard InChI is InChI=1S/C15H18N4/c1-10(2)14-12(5-4-6-17-14)15-13-9-16-7-8-19(13)11(3)18-15/h4-6,9-10H,7-8H2,1-3H3. The van der Waals surface area contributed by atoms with E-state index >= 15 is 0 Å². The van der Waals surface area contributed by atoms with Crippen molar-refractivity contribution in [3.05, 3.63) is 35.5 Å². The zero-order valence-electron chi connectivity index (χ0n) is 11.6. The molecule has 0 aromatic carbocycles. The average Bonchev–Trinajstić information content (AvgIpc) is 2.77. The van der Waals surface area contributed by atoms with Gasteiger partial charge in [0.05, 0.1) is 23.6 Å². The lowest BCUT2D eigenvalue weighted by molar-refractivity contribution is 0.669. The van der Waals surface area contributed by atoms with Crippen LogP contribution in [-0.2, 0) is 6.54 Å². The fourth-order valence-electron chi connectivity index (χ4n) is 2.58. The number of rotatable bonds is 2. The van der Waals surface area contributed by atoms with Gasteiger partial charge < -0.3 is 4.57 Å². The highest BCUT2D eigenvalue weighted by Crippen LogP contribution is 2.29. The molecule has 0 saturated heterocycles. The summed E-state index contributed by atoms with van der Waals surface area (Å²) in [6.45, 7) is 8.14. The zero-order valence-corrected chi connectivity index (χ0v) is 11.6. The molecule has 98 valence electrons. The van der Waals surface area contributed by atoms with E-state index in [-0.39, 0.29) is 0 Å². The maximum absolute atomic E-state index is 4.74. The molecule has 0 saturated carbocycles. The molecule has 2 aromatic rings. The van der Waals surface area contributed by atoms with Crippen LogP contribution in [0.15, 0.2) is 23.3 Å². The Morgan fingerprint density at radius 1 is 1.32 bits per heavy atom. The maximum Gasteiger partial charge on any atom is 0.106 e. The van der Waals surface area contributed by atoms with Crippen molar-refractivity contribution in [1.29, 1.82) is 0 Å². The molecule has 0 radical (unpaired) electrons. The Morgan fingerprint density at radius 2 is 2.16 bits per heavy atom. The average molecular weight is 254 g/mol. The van der Waals surface area contributed by atoms with Crippen molar-refractivity contribution in [3.63, 3.8) is 0 Å². The Kier molecular flexibility index (Phi) is 2.93. The van der Waals surface area contributed by atoms with E-state index in [4.69, 9.17) is 4.98 Å². The van der Waals surface area contributed by atoms with Crippen LogP contribution in [-0.4, -0.2) is 27.3 Å². The number of aryl methyl sites for hydroxylation is 1. The number of hydrogen-bond acceptors (Lipinski definition) is 3. The van der Waals surface area contributed by atoms with Crippen LogP contribution in [0.3, 0.4) is 0 Å². The van der Waals surface area contributed by atoms with E-state index in [1.54, 1.807) is 0 Å². The van der Waals surface area contributed by atoms with Gasteiger partial charge >= 0.3 is 0 Å². The number of fused-ring (bicyclic) bond motifs is 1. The molecule has 2 aromatic heterocycles. The summed E-state index contributed by atoms with van der Waals surface area (Å²) in [6.07, 6.45) is 3.79. The summed E-state index contributed by atoms with van der Waals surface area (Å²) < 4.78 is 2.24. The third kappa shape index (κ3) is 1.97. The van der Waals surface area contributed by atoms with Crippen molar-refractivity contribution >= 4 is 6.21 Å². The van der Waals surface area contributed by atoms with Gasteiger partial charge in [-0.05, 0) is 25.0 Å². The van der Waals surface area contributed by atoms with Crippen LogP contribution in [0.4, 0.5) is 0 Å². The van der Waals surface area contributed by atoms with Crippen LogP contribution in [0, 0.1) is 6.92 Å². The fourth-order valence-corrected chi connectivity index (χ4v) is 2.58. The quantitative estimate of drug-likeness (QED) is 0.827. The molecule has 0 bridgehead atoms. The van der Waals surface area contributed by atoms with Crippen LogP contribution in [0.1, 0.15) is 37.0 Å². The second kappa shape index (κ2) is 4.61. The lowest BCUT2D eigenvalue weighted by Gasteiger charge is -2.13. The zero-order chi connectivity index (χ0) is 13.4. The molecular weight excluding hydrogens is 236 g/mol. The topological polar surface area (TPSA) is 43.1 Å². The Bertz CT molecular complexity index is 638. The molecule has 1 aliphatic rings. The third-order valence-corrected chi connectivity index (χ3v) is 3.50. The van der Waals surface area contributed by atoms with Crippen molar-refractivity contribution in [2.75, 3.05) is 6.54 Å². The molecule has 4 nitrogen and oxygen atoms in total. The number of hydrogen-bond donors (Lipinski definition) is 0. The number of aliphatic imine (C=N–C) groups is 1. The van der Waals surface area contributed by atoms with Gasteiger partial charge in [-0.15, -0.1) is 0 Å². The summed E-state index contributed by atoms with van der Waals surface area (Å²) in [5.74, 6) is 1.43. The molecule has 0 fully saturated rings. The molecule has 4 heteroatoms. The molecule has 0 amide bonds. The lowest BCUT2D eigenvalue weighted by Crippen LogP contribution is -2.12. The molecule has 0 spiro atoms. The smallest absolute Gasteiger partial charge is 0.106 e. The maximum atomic E-state index is 4.74. The first-order valence-electron chi connectivity index (χ1n) is 6.70. The summed E-state index contributed by atoms with van der Waals surface area (Å²) in [7, 11) is 0. The van der Waals surface area contributed by atoms with Gasteiger partial charge in [0, 0.05) is 24.5 Å². The number of pyridine rings is 1. The minimum Gasteiger partial charge on any atom is -0.325 e. The number of imidazole rings is 1. The van der Waals surface area contributed by atoms with Gasteiger partial charge in [0.25, 0.3) is 0 Å². The highest BCUT2D eigenvalue weighted by atomic mass is 15.1. The number of nitrogens with zero attached hydrogens (tertiary/aromatic N) is 4. The van der Waals surface area contributed by atoms with Crippen LogP contribution in [0.25, 0.3) is 11.3 Å². The minimum absolute atomic E-state index is 0.384. The van der Waals surface area contributed by atoms with Crippen molar-refractivity contribution in [2.45, 2.75) is 33.2 Å². The molecule has 3 rings (SSSR count). The monoisotopic (exact) mass is 254 g/mol. The Morgan fingerprint density at radius 3 is 2.95 bits per heavy atom. The Hall–Kier alpha value is -1.97. The summed E-state index contributed by atoms with van der Waals surface area (Å²) in [5.41, 5.74) is 4.35. The van der Waals surface area contributed by atoms with Gasteiger partial charge in [-0.2, -0.15) is 0 Å². The van der Waals surface area contributed by atoms with Crippen molar-refractivity contribution in [2.24, 2.45) is 4.99 Å². The summed E-state index contributed by atoms with van der Waals surface area (Å²) in [5, 5.41) is 0. The van der Waals surface area contributed by atoms with Crippen molar-refractivity contribution in [3.8, 4) is 11.3 Å². The highest BCUT2D eigenvalue weighted by molar-refractivity contribution is 5.88. The van der Waals surface area contributed by atoms with Crippen LogP contribution in [0.2, 0.25) is 0 Å². The Labute approximate surface area is 113 Å². The summed E-state index contributed by atoms with van der Waals surface area (Å²) >= 11 is 0. The molecule has 0 unspecified atom stereocenters. The van der Waals surface area contributed by atoms with Gasteiger partial charge in [0.2, 0.25) is 0 Å². The fraction of sp³-hybridized carbons (Fsp3) is 0.400. The first-order valence-corrected chi connectivity index (χ1v) is 6.70. The van der Waals surface area contributed by atoms with Gasteiger partial charge in [-0.3, -0.25) is 9.98 Å². The van der Waals surface area contributed by atoms with E-state index in [9.17, 15) is 0 Å². The van der Waals surface area contributed by atoms with E-state index in [2.05, 4.69) is 41.4 Å². The first kappa shape index (κ1) is 12.1. The lowest BCUT2D eigenvalue weighted by atomic mass is 10.0. The second-order valence-corrected chi connectivity index (χ2v) is 5.17. The first-order chi connectivity index (χ1) is 9.18. The normalized spacial score (nSPS) is 13.9. The molecule has 0 aliphatic carbocycles. The van der Waals surface area contributed by atoms with Crippen LogP contribution in [0.5, 0.6) is 0 Å². The molecule has 0 N–H and O–H groups in total. The molecular formula is C15H18N4. The molecule has 0 atom stereocenters. The largest absolute Gasteiger partial charge is 0.325 e. The molecule has 19 heavy (non-hydrogen) atoms. The highest BCUT2D eigenvalue weighted by Gasteiger charge is 2.20. The minimum atomic E-state index is 0.384. The third-order valence-electron chi connectivity index (χ3n) is 3.50. The van der Waals surface area contributed by atoms with Gasteiger partial charge in [-0.25, -0.2) is 4.98 Å². The van der Waals surface area contributed by atoms with Crippen molar-refractivity contribution < 1.29 is 0 Å². The van der Waals surface area contributed by atoms with E-state index in [0.29, 0.717) is 5.92 Å². The Balaban J connectivity index is 2.22. The van der Waals surface area contributed by atoms with Gasteiger partial charge in [0.1, 0.15) is 5.82 Å². The van der Waals surface area contributed by atoms with Gasteiger partial charge in [-0.1, -0.05) is 13.8 Å². The van der Waals surface area contributed by atoms with Crippen LogP contribution < -0.4 is 0 Å². The van der Waals surface area contributed by atoms with E-state index in [0.717, 1.165) is 41.6 Å². The van der Waals surface area contributed by atoms with E-state index in [1.165, 1.54) is 0 Å². The van der Waals surface area contributed by atoms with Gasteiger partial charge in [0.15, 0.2) is 0 Å². The second-order valence-electron chi connectivity index (χ2n) is 5.17. The molecule has 3 heterocycles. The predicted octanol–water partition coefficient (Wildman–Crippen LogP) is 2.81. The van der Waals surface area contributed by atoms with E-state index < -0.39 is 0 Å². The summed E-state index contributed by atoms with van der Waals surface area (Å²) in [4.78, 5) is 13.6. The van der Waals surface area contributed by atoms with Crippen molar-refractivity contribution in [1.82, 2.24) is 14.5 Å². The SMILES string of the molecule is Cc1nc(-c2cccnc2C(C)C)c2n1CCN=C2. The number of aromatic nitrogens is 3. The molecule has 1 aliphatic heterocycles. The van der Waals surface area contributed by atoms with E-state index in [1.807, 2.05) is 18.5 Å².